The molecule has 4 rings (SSSR count). The van der Waals surface area contributed by atoms with Crippen LogP contribution >= 0.6 is 0 Å². The van der Waals surface area contributed by atoms with Crippen molar-refractivity contribution >= 4 is 5.69 Å². The minimum Gasteiger partial charge on any atom is -0.502 e. The quantitative estimate of drug-likeness (QED) is 0.647. The van der Waals surface area contributed by atoms with Crippen LogP contribution in [0, 0.1) is 10.1 Å². The van der Waals surface area contributed by atoms with Crippen LogP contribution in [0.4, 0.5) is 5.69 Å². The van der Waals surface area contributed by atoms with E-state index in [1.807, 2.05) is 0 Å². The second-order valence-electron chi connectivity index (χ2n) is 6.98. The molecule has 0 radical (unpaired) electrons. The van der Waals surface area contributed by atoms with E-state index in [-0.39, 0.29) is 16.9 Å². The molecule has 0 amide bonds. The predicted molar refractivity (Wildman–Crippen MR) is 91.5 cm³/mol. The van der Waals surface area contributed by atoms with Gasteiger partial charge in [-0.3, -0.25) is 10.1 Å². The van der Waals surface area contributed by atoms with E-state index in [4.69, 9.17) is 0 Å². The van der Waals surface area contributed by atoms with Gasteiger partial charge in [0.05, 0.1) is 4.92 Å². The number of phenolic OH excluding ortho intramolecular Hbond substituents is 1. The van der Waals surface area contributed by atoms with Gasteiger partial charge < -0.3 is 10.0 Å². The SMILES string of the molecule is CN1CCc2cc([N+](=O)[O-])c(O)cc2C2(CCc3ccccc32)C1. The van der Waals surface area contributed by atoms with Crippen LogP contribution in [0.1, 0.15) is 28.7 Å². The molecule has 1 spiro atoms. The number of hydrogen-bond acceptors (Lipinski definition) is 4. The number of hydrogen-bond donors (Lipinski definition) is 1. The molecule has 0 aromatic heterocycles. The van der Waals surface area contributed by atoms with Crippen molar-refractivity contribution in [1.29, 1.82) is 0 Å². The van der Waals surface area contributed by atoms with Crippen molar-refractivity contribution in [3.63, 3.8) is 0 Å². The molecule has 1 heterocycles. The third-order valence-corrected chi connectivity index (χ3v) is 5.57. The molecule has 1 aliphatic carbocycles. The lowest BCUT2D eigenvalue weighted by Gasteiger charge is -2.34. The average molecular weight is 324 g/mol. The molecule has 24 heavy (non-hydrogen) atoms. The number of rotatable bonds is 1. The third kappa shape index (κ3) is 2.12. The Morgan fingerprint density at radius 1 is 1.17 bits per heavy atom. The summed E-state index contributed by atoms with van der Waals surface area (Å²) >= 11 is 0. The molecule has 124 valence electrons. The molecule has 1 unspecified atom stereocenters. The molecule has 1 atom stereocenters. The van der Waals surface area contributed by atoms with E-state index in [9.17, 15) is 15.2 Å². The molecule has 0 bridgehead atoms. The zero-order chi connectivity index (χ0) is 16.9. The Morgan fingerprint density at radius 2 is 1.96 bits per heavy atom. The minimum atomic E-state index is -0.501. The largest absolute Gasteiger partial charge is 0.502 e. The molecular weight excluding hydrogens is 304 g/mol. The van der Waals surface area contributed by atoms with Gasteiger partial charge in [0, 0.05) is 24.6 Å². The highest BCUT2D eigenvalue weighted by molar-refractivity contribution is 5.59. The van der Waals surface area contributed by atoms with Crippen molar-refractivity contribution in [2.45, 2.75) is 24.7 Å². The van der Waals surface area contributed by atoms with Crippen LogP contribution < -0.4 is 0 Å². The smallest absolute Gasteiger partial charge is 0.310 e. The van der Waals surface area contributed by atoms with E-state index in [1.54, 1.807) is 12.1 Å². The van der Waals surface area contributed by atoms with Crippen molar-refractivity contribution in [2.75, 3.05) is 20.1 Å². The Labute approximate surface area is 140 Å². The number of aromatic hydroxyl groups is 1. The first-order valence-electron chi connectivity index (χ1n) is 8.29. The van der Waals surface area contributed by atoms with E-state index < -0.39 is 4.92 Å². The van der Waals surface area contributed by atoms with Crippen LogP contribution in [0.5, 0.6) is 5.75 Å². The standard InChI is InChI=1S/C19H20N2O3/c1-20-9-7-14-10-17(21(23)24)18(22)11-16(14)19(12-20)8-6-13-4-2-3-5-15(13)19/h2-5,10-11,22H,6-9,12H2,1H3. The molecule has 2 aromatic carbocycles. The molecule has 1 N–H and O–H groups in total. The highest BCUT2D eigenvalue weighted by Gasteiger charge is 2.44. The normalized spacial score (nSPS) is 22.9. The van der Waals surface area contributed by atoms with Crippen LogP contribution in [-0.4, -0.2) is 35.1 Å². The highest BCUT2D eigenvalue weighted by atomic mass is 16.6. The first-order chi connectivity index (χ1) is 11.5. The second-order valence-corrected chi connectivity index (χ2v) is 6.98. The lowest BCUT2D eigenvalue weighted by molar-refractivity contribution is -0.385. The number of nitrogens with zero attached hydrogens (tertiary/aromatic N) is 2. The van der Waals surface area contributed by atoms with Crippen LogP contribution in [0.2, 0.25) is 0 Å². The van der Waals surface area contributed by atoms with Gasteiger partial charge in [0.25, 0.3) is 0 Å². The molecule has 2 aliphatic rings. The zero-order valence-corrected chi connectivity index (χ0v) is 13.7. The van der Waals surface area contributed by atoms with Gasteiger partial charge in [0.15, 0.2) is 5.75 Å². The summed E-state index contributed by atoms with van der Waals surface area (Å²) in [6.45, 7) is 1.73. The maximum absolute atomic E-state index is 11.2. The summed E-state index contributed by atoms with van der Waals surface area (Å²) in [5, 5.41) is 21.4. The minimum absolute atomic E-state index is 0.191. The van der Waals surface area contributed by atoms with Gasteiger partial charge in [-0.2, -0.15) is 0 Å². The van der Waals surface area contributed by atoms with Crippen molar-refractivity contribution < 1.29 is 10.0 Å². The molecule has 2 aromatic rings. The maximum Gasteiger partial charge on any atom is 0.310 e. The number of fused-ring (bicyclic) bond motifs is 4. The van der Waals surface area contributed by atoms with Gasteiger partial charge >= 0.3 is 5.69 Å². The van der Waals surface area contributed by atoms with E-state index in [0.717, 1.165) is 43.5 Å². The van der Waals surface area contributed by atoms with Crippen molar-refractivity contribution in [3.8, 4) is 5.75 Å². The molecule has 5 nitrogen and oxygen atoms in total. The number of nitro benzene ring substituents is 1. The highest BCUT2D eigenvalue weighted by Crippen LogP contribution is 2.48. The van der Waals surface area contributed by atoms with Crippen molar-refractivity contribution in [1.82, 2.24) is 4.90 Å². The Hall–Kier alpha value is -2.40. The number of benzene rings is 2. The van der Waals surface area contributed by atoms with Crippen molar-refractivity contribution in [2.24, 2.45) is 0 Å². The fourth-order valence-electron chi connectivity index (χ4n) is 4.49. The van der Waals surface area contributed by atoms with E-state index in [1.165, 1.54) is 11.1 Å². The van der Waals surface area contributed by atoms with Crippen molar-refractivity contribution in [3.05, 3.63) is 68.8 Å². The summed E-state index contributed by atoms with van der Waals surface area (Å²) < 4.78 is 0. The van der Waals surface area contributed by atoms with Gasteiger partial charge in [0.2, 0.25) is 0 Å². The van der Waals surface area contributed by atoms with E-state index >= 15 is 0 Å². The lowest BCUT2D eigenvalue weighted by atomic mass is 9.73. The number of likely N-dealkylation sites (N-methyl/N-ethyl adjacent to an activating group) is 1. The van der Waals surface area contributed by atoms with Gasteiger partial charge in [-0.1, -0.05) is 24.3 Å². The summed E-state index contributed by atoms with van der Waals surface area (Å²) in [4.78, 5) is 13.0. The van der Waals surface area contributed by atoms with Gasteiger partial charge in [-0.05, 0) is 54.6 Å². The molecular formula is C19H20N2O3. The molecule has 5 heteroatoms. The number of nitro groups is 1. The van der Waals surface area contributed by atoms with Gasteiger partial charge in [-0.25, -0.2) is 0 Å². The Kier molecular flexibility index (Phi) is 3.35. The van der Waals surface area contributed by atoms with E-state index in [2.05, 4.69) is 36.2 Å². The van der Waals surface area contributed by atoms with Crippen LogP contribution in [-0.2, 0) is 18.3 Å². The molecule has 0 saturated heterocycles. The van der Waals surface area contributed by atoms with E-state index in [0.29, 0.717) is 0 Å². The number of aryl methyl sites for hydroxylation is 1. The Morgan fingerprint density at radius 3 is 2.75 bits per heavy atom. The third-order valence-electron chi connectivity index (χ3n) is 5.57. The summed E-state index contributed by atoms with van der Waals surface area (Å²) in [5.41, 5.74) is 4.30. The average Bonchev–Trinajstić information content (AvgIpc) is 2.86. The van der Waals surface area contributed by atoms with Gasteiger partial charge in [-0.15, -0.1) is 0 Å². The Bertz CT molecular complexity index is 833. The molecule has 1 aliphatic heterocycles. The topological polar surface area (TPSA) is 66.6 Å². The number of phenols is 1. The van der Waals surface area contributed by atoms with Gasteiger partial charge in [0.1, 0.15) is 0 Å². The first-order valence-corrected chi connectivity index (χ1v) is 8.29. The summed E-state index contributed by atoms with van der Waals surface area (Å²) in [5.74, 6) is -0.230. The lowest BCUT2D eigenvalue weighted by Crippen LogP contribution is -2.37. The van der Waals surface area contributed by atoms with Crippen LogP contribution in [0.15, 0.2) is 36.4 Å². The van der Waals surface area contributed by atoms with Crippen LogP contribution in [0.25, 0.3) is 0 Å². The Balaban J connectivity index is 1.97. The second kappa shape index (κ2) is 5.31. The maximum atomic E-state index is 11.2. The fourth-order valence-corrected chi connectivity index (χ4v) is 4.49. The summed E-state index contributed by atoms with van der Waals surface area (Å²) in [6, 6.07) is 11.7. The monoisotopic (exact) mass is 324 g/mol. The fraction of sp³-hybridized carbons (Fsp3) is 0.368. The summed E-state index contributed by atoms with van der Waals surface area (Å²) in [7, 11) is 2.10. The molecule has 0 fully saturated rings. The molecule has 0 saturated carbocycles. The summed E-state index contributed by atoms with van der Waals surface area (Å²) in [6.07, 6.45) is 2.74. The predicted octanol–water partition coefficient (Wildman–Crippen LogP) is 3.02. The first kappa shape index (κ1) is 15.1. The van der Waals surface area contributed by atoms with Crippen LogP contribution in [0.3, 0.4) is 0 Å². The zero-order valence-electron chi connectivity index (χ0n) is 13.7.